The van der Waals surface area contributed by atoms with Crippen LogP contribution >= 0.6 is 0 Å². The minimum absolute atomic E-state index is 0.0806. The summed E-state index contributed by atoms with van der Waals surface area (Å²) in [5.41, 5.74) is 0. The molecule has 0 aliphatic carbocycles. The Morgan fingerprint density at radius 3 is 2.00 bits per heavy atom. The first-order valence-electron chi connectivity index (χ1n) is 6.59. The van der Waals surface area contributed by atoms with E-state index in [1.807, 2.05) is 6.92 Å². The molecule has 1 atom stereocenters. The third-order valence-electron chi connectivity index (χ3n) is 2.40. The molecule has 4 nitrogen and oxygen atoms in total. The first-order chi connectivity index (χ1) is 9.05. The maximum Gasteiger partial charge on any atom is 0.330 e. The van der Waals surface area contributed by atoms with Crippen LogP contribution in [-0.2, 0) is 19.1 Å². The van der Waals surface area contributed by atoms with Crippen LogP contribution in [0.15, 0.2) is 25.3 Å². The monoisotopic (exact) mass is 270 g/mol. The van der Waals surface area contributed by atoms with E-state index in [1.165, 1.54) is 26.0 Å². The number of carbonyl (C=O) groups is 2. The SMILES string of the molecule is C=CC(=O)OC.C=CC(=O)OC(CC)CCCCC. The number of ether oxygens (including phenoxy) is 2. The molecule has 0 spiro atoms. The number of methoxy groups -OCH3 is 1. The highest BCUT2D eigenvalue weighted by atomic mass is 16.5. The highest BCUT2D eigenvalue weighted by molar-refractivity contribution is 5.81. The van der Waals surface area contributed by atoms with Crippen molar-refractivity contribution in [1.82, 2.24) is 0 Å². The Morgan fingerprint density at radius 2 is 1.68 bits per heavy atom. The van der Waals surface area contributed by atoms with Crippen LogP contribution in [0.4, 0.5) is 0 Å². The van der Waals surface area contributed by atoms with Crippen molar-refractivity contribution in [2.75, 3.05) is 7.11 Å². The summed E-state index contributed by atoms with van der Waals surface area (Å²) in [6, 6.07) is 0. The van der Waals surface area contributed by atoms with E-state index in [2.05, 4.69) is 24.8 Å². The molecule has 0 amide bonds. The highest BCUT2D eigenvalue weighted by Crippen LogP contribution is 2.10. The van der Waals surface area contributed by atoms with Crippen LogP contribution in [0.1, 0.15) is 46.0 Å². The van der Waals surface area contributed by atoms with E-state index in [0.29, 0.717) is 0 Å². The van der Waals surface area contributed by atoms with Gasteiger partial charge in [-0.3, -0.25) is 0 Å². The zero-order valence-corrected chi connectivity index (χ0v) is 12.3. The Kier molecular flexibility index (Phi) is 15.1. The van der Waals surface area contributed by atoms with E-state index >= 15 is 0 Å². The molecule has 0 heterocycles. The second kappa shape index (κ2) is 14.5. The second-order valence-electron chi connectivity index (χ2n) is 3.89. The third kappa shape index (κ3) is 14.4. The van der Waals surface area contributed by atoms with Crippen molar-refractivity contribution < 1.29 is 19.1 Å². The first kappa shape index (κ1) is 19.8. The van der Waals surface area contributed by atoms with Gasteiger partial charge in [-0.2, -0.15) is 0 Å². The number of rotatable bonds is 8. The Hall–Kier alpha value is -1.58. The molecule has 0 saturated heterocycles. The Morgan fingerprint density at radius 1 is 1.11 bits per heavy atom. The van der Waals surface area contributed by atoms with Gasteiger partial charge in [0.2, 0.25) is 0 Å². The zero-order valence-electron chi connectivity index (χ0n) is 12.3. The van der Waals surface area contributed by atoms with Gasteiger partial charge >= 0.3 is 11.9 Å². The van der Waals surface area contributed by atoms with Crippen molar-refractivity contribution in [1.29, 1.82) is 0 Å². The van der Waals surface area contributed by atoms with Crippen molar-refractivity contribution in [2.45, 2.75) is 52.1 Å². The molecule has 0 rings (SSSR count). The van der Waals surface area contributed by atoms with Gasteiger partial charge in [0.05, 0.1) is 7.11 Å². The van der Waals surface area contributed by atoms with Crippen molar-refractivity contribution in [3.8, 4) is 0 Å². The third-order valence-corrected chi connectivity index (χ3v) is 2.40. The lowest BCUT2D eigenvalue weighted by Gasteiger charge is -2.14. The molecule has 4 heteroatoms. The summed E-state index contributed by atoms with van der Waals surface area (Å²) in [5, 5.41) is 0. The van der Waals surface area contributed by atoms with E-state index in [1.54, 1.807) is 0 Å². The Balaban J connectivity index is 0. The molecular formula is C15H26O4. The van der Waals surface area contributed by atoms with Crippen molar-refractivity contribution >= 4 is 11.9 Å². The summed E-state index contributed by atoms with van der Waals surface area (Å²) < 4.78 is 9.28. The molecule has 110 valence electrons. The molecule has 0 radical (unpaired) electrons. The van der Waals surface area contributed by atoms with E-state index < -0.39 is 5.97 Å². The van der Waals surface area contributed by atoms with E-state index in [0.717, 1.165) is 25.3 Å². The summed E-state index contributed by atoms with van der Waals surface area (Å²) in [7, 11) is 1.31. The van der Waals surface area contributed by atoms with Crippen LogP contribution in [0.5, 0.6) is 0 Å². The van der Waals surface area contributed by atoms with Crippen LogP contribution in [0.25, 0.3) is 0 Å². The molecule has 0 aromatic rings. The molecule has 0 bridgehead atoms. The summed E-state index contributed by atoms with van der Waals surface area (Å²) in [6.45, 7) is 10.7. The number of unbranched alkanes of at least 4 members (excludes halogenated alkanes) is 2. The second-order valence-corrected chi connectivity index (χ2v) is 3.89. The summed E-state index contributed by atoms with van der Waals surface area (Å²) in [4.78, 5) is 20.7. The Bertz CT molecular complexity index is 271. The number of hydrogen-bond acceptors (Lipinski definition) is 4. The topological polar surface area (TPSA) is 52.6 Å². The molecule has 19 heavy (non-hydrogen) atoms. The first-order valence-corrected chi connectivity index (χ1v) is 6.59. The van der Waals surface area contributed by atoms with Gasteiger partial charge in [0.15, 0.2) is 0 Å². The van der Waals surface area contributed by atoms with Crippen LogP contribution in [0.2, 0.25) is 0 Å². The number of esters is 2. The molecule has 0 fully saturated rings. The van der Waals surface area contributed by atoms with E-state index in [9.17, 15) is 9.59 Å². The van der Waals surface area contributed by atoms with Gasteiger partial charge in [0, 0.05) is 12.2 Å². The van der Waals surface area contributed by atoms with Crippen molar-refractivity contribution in [3.63, 3.8) is 0 Å². The lowest BCUT2D eigenvalue weighted by atomic mass is 10.1. The molecule has 0 aromatic heterocycles. The van der Waals surface area contributed by atoms with Gasteiger partial charge in [0.25, 0.3) is 0 Å². The predicted molar refractivity (Wildman–Crippen MR) is 76.7 cm³/mol. The van der Waals surface area contributed by atoms with Gasteiger partial charge in [0.1, 0.15) is 6.10 Å². The number of hydrogen-bond donors (Lipinski definition) is 0. The number of carbonyl (C=O) groups excluding carboxylic acids is 2. The summed E-state index contributed by atoms with van der Waals surface area (Å²) in [5.74, 6) is -0.696. The van der Waals surface area contributed by atoms with Crippen LogP contribution in [-0.4, -0.2) is 25.2 Å². The quantitative estimate of drug-likeness (QED) is 0.385. The van der Waals surface area contributed by atoms with Crippen molar-refractivity contribution in [2.24, 2.45) is 0 Å². The van der Waals surface area contributed by atoms with Gasteiger partial charge in [-0.25, -0.2) is 9.59 Å². The average molecular weight is 270 g/mol. The molecule has 0 saturated carbocycles. The van der Waals surface area contributed by atoms with Crippen molar-refractivity contribution in [3.05, 3.63) is 25.3 Å². The molecule has 1 unspecified atom stereocenters. The zero-order chi connectivity index (χ0) is 15.1. The van der Waals surface area contributed by atoms with Crippen LogP contribution in [0, 0.1) is 0 Å². The lowest BCUT2D eigenvalue weighted by Crippen LogP contribution is -2.15. The van der Waals surface area contributed by atoms with E-state index in [4.69, 9.17) is 4.74 Å². The van der Waals surface area contributed by atoms with Gasteiger partial charge in [-0.15, -0.1) is 0 Å². The Labute approximate surface area is 116 Å². The van der Waals surface area contributed by atoms with Crippen LogP contribution in [0.3, 0.4) is 0 Å². The average Bonchev–Trinajstić information content (AvgIpc) is 2.45. The molecule has 0 N–H and O–H groups in total. The molecule has 0 aliphatic rings. The van der Waals surface area contributed by atoms with Gasteiger partial charge in [-0.05, 0) is 19.3 Å². The molecule has 0 aliphatic heterocycles. The summed E-state index contributed by atoms with van der Waals surface area (Å²) in [6.07, 6.45) is 7.83. The van der Waals surface area contributed by atoms with Gasteiger partial charge < -0.3 is 9.47 Å². The van der Waals surface area contributed by atoms with E-state index in [-0.39, 0.29) is 12.1 Å². The predicted octanol–water partition coefficient (Wildman–Crippen LogP) is 3.42. The maximum atomic E-state index is 10.9. The maximum absolute atomic E-state index is 10.9. The smallest absolute Gasteiger partial charge is 0.330 e. The fraction of sp³-hybridized carbons (Fsp3) is 0.600. The summed E-state index contributed by atoms with van der Waals surface area (Å²) >= 11 is 0. The normalized spacial score (nSPS) is 10.5. The largest absolute Gasteiger partial charge is 0.466 e. The fourth-order valence-electron chi connectivity index (χ4n) is 1.26. The van der Waals surface area contributed by atoms with Gasteiger partial charge in [-0.1, -0.05) is 39.8 Å². The minimum Gasteiger partial charge on any atom is -0.466 e. The fourth-order valence-corrected chi connectivity index (χ4v) is 1.26. The lowest BCUT2D eigenvalue weighted by molar-refractivity contribution is -0.143. The standard InChI is InChI=1S/C11H20O2.C4H6O2/c1-4-7-8-9-10(5-2)13-11(12)6-3;1-3-4(5)6-2/h6,10H,3-5,7-9H2,1-2H3;3H,1H2,2H3. The minimum atomic E-state index is -0.394. The highest BCUT2D eigenvalue weighted by Gasteiger charge is 2.08. The molecule has 0 aromatic carbocycles. The molecular weight excluding hydrogens is 244 g/mol. The van der Waals surface area contributed by atoms with Crippen LogP contribution < -0.4 is 0 Å².